The van der Waals surface area contributed by atoms with Gasteiger partial charge in [0.05, 0.1) is 17.3 Å². The van der Waals surface area contributed by atoms with E-state index in [9.17, 15) is 0 Å². The summed E-state index contributed by atoms with van der Waals surface area (Å²) >= 11 is 0. The van der Waals surface area contributed by atoms with Crippen LogP contribution in [0.15, 0.2) is 71.3 Å². The summed E-state index contributed by atoms with van der Waals surface area (Å²) < 4.78 is 5.57. The van der Waals surface area contributed by atoms with Crippen molar-refractivity contribution in [2.75, 3.05) is 0 Å². The third-order valence-corrected chi connectivity index (χ3v) is 3.70. The quantitative estimate of drug-likeness (QED) is 0.528. The van der Waals surface area contributed by atoms with E-state index in [0.717, 1.165) is 39.3 Å². The summed E-state index contributed by atoms with van der Waals surface area (Å²) in [4.78, 5) is 9.68. The maximum Gasteiger partial charge on any atom is 0.154 e. The molecule has 4 aromatic rings. The first-order chi connectivity index (χ1) is 10.8. The molecule has 0 amide bonds. The summed E-state index contributed by atoms with van der Waals surface area (Å²) in [7, 11) is 0. The Morgan fingerprint density at radius 1 is 0.773 bits per heavy atom. The number of para-hydroxylation sites is 1. The van der Waals surface area contributed by atoms with Gasteiger partial charge in [-0.1, -0.05) is 42.5 Å². The number of fused-ring (bicyclic) bond motifs is 1. The molecule has 3 nitrogen and oxygen atoms in total. The highest BCUT2D eigenvalue weighted by Gasteiger charge is 2.15. The van der Waals surface area contributed by atoms with Crippen molar-refractivity contribution in [2.24, 2.45) is 0 Å². The van der Waals surface area contributed by atoms with Gasteiger partial charge >= 0.3 is 0 Å². The van der Waals surface area contributed by atoms with Gasteiger partial charge in [0.25, 0.3) is 0 Å². The fourth-order valence-corrected chi connectivity index (χ4v) is 2.60. The number of aryl methyl sites for hydroxylation is 1. The van der Waals surface area contributed by atoms with Crippen molar-refractivity contribution in [1.82, 2.24) is 9.97 Å². The van der Waals surface area contributed by atoms with Crippen LogP contribution in [0.5, 0.6) is 0 Å². The Kier molecular flexibility index (Phi) is 2.97. The Hall–Kier alpha value is -2.94. The summed E-state index contributed by atoms with van der Waals surface area (Å²) in [5.74, 6) is 0.733. The Labute approximate surface area is 128 Å². The van der Waals surface area contributed by atoms with E-state index in [-0.39, 0.29) is 0 Å². The van der Waals surface area contributed by atoms with Crippen molar-refractivity contribution in [1.29, 1.82) is 0 Å². The molecule has 4 rings (SSSR count). The lowest BCUT2D eigenvalue weighted by Gasteiger charge is -2.09. The minimum atomic E-state index is 0.733. The number of benzene rings is 2. The molecule has 0 aliphatic rings. The smallest absolute Gasteiger partial charge is 0.154 e. The van der Waals surface area contributed by atoms with E-state index >= 15 is 0 Å². The summed E-state index contributed by atoms with van der Waals surface area (Å²) in [6, 6.07) is 19.9. The molecule has 0 saturated carbocycles. The fourth-order valence-electron chi connectivity index (χ4n) is 2.60. The zero-order valence-electron chi connectivity index (χ0n) is 12.2. The van der Waals surface area contributed by atoms with Gasteiger partial charge in [0, 0.05) is 5.56 Å². The number of rotatable bonds is 2. The second kappa shape index (κ2) is 5.11. The van der Waals surface area contributed by atoms with E-state index in [2.05, 4.69) is 0 Å². The molecule has 0 unspecified atom stereocenters. The second-order valence-corrected chi connectivity index (χ2v) is 5.21. The number of nitrogens with zero attached hydrogens (tertiary/aromatic N) is 2. The van der Waals surface area contributed by atoms with Crippen molar-refractivity contribution in [3.63, 3.8) is 0 Å². The highest BCUT2D eigenvalue weighted by atomic mass is 16.3. The van der Waals surface area contributed by atoms with Crippen LogP contribution in [0.25, 0.3) is 33.7 Å². The summed E-state index contributed by atoms with van der Waals surface area (Å²) in [5.41, 5.74) is 5.57. The van der Waals surface area contributed by atoms with E-state index in [4.69, 9.17) is 14.4 Å². The van der Waals surface area contributed by atoms with Crippen molar-refractivity contribution in [3.05, 3.63) is 72.5 Å². The number of hydrogen-bond donors (Lipinski definition) is 0. The maximum atomic E-state index is 5.57. The Bertz CT molecular complexity index is 928. The molecule has 0 radical (unpaired) electrons. The lowest BCUT2D eigenvalue weighted by atomic mass is 10.1. The van der Waals surface area contributed by atoms with Gasteiger partial charge in [-0.2, -0.15) is 0 Å². The normalized spacial score (nSPS) is 11.0. The molecule has 0 spiro atoms. The molecular weight excluding hydrogens is 272 g/mol. The van der Waals surface area contributed by atoms with Gasteiger partial charge in [0.15, 0.2) is 5.76 Å². The second-order valence-electron chi connectivity index (χ2n) is 5.21. The van der Waals surface area contributed by atoms with Crippen molar-refractivity contribution in [2.45, 2.75) is 6.92 Å². The number of hydrogen-bond acceptors (Lipinski definition) is 3. The zero-order chi connectivity index (χ0) is 14.9. The van der Waals surface area contributed by atoms with E-state index in [1.807, 2.05) is 67.6 Å². The van der Waals surface area contributed by atoms with Gasteiger partial charge in [-0.3, -0.25) is 0 Å². The summed E-state index contributed by atoms with van der Waals surface area (Å²) in [6.07, 6.45) is 1.66. The van der Waals surface area contributed by atoms with Crippen LogP contribution >= 0.6 is 0 Å². The standard InChI is InChI=1S/C19H14N2O/c1-13-7-5-10-15-17(13)21-19(16-11-6-12-22-16)18(20-15)14-8-3-2-4-9-14/h2-12H,1H3. The minimum absolute atomic E-state index is 0.733. The maximum absolute atomic E-state index is 5.57. The average molecular weight is 286 g/mol. The minimum Gasteiger partial charge on any atom is -0.463 e. The highest BCUT2D eigenvalue weighted by molar-refractivity contribution is 5.86. The van der Waals surface area contributed by atoms with Gasteiger partial charge in [0.1, 0.15) is 11.4 Å². The van der Waals surface area contributed by atoms with Gasteiger partial charge in [-0.05, 0) is 30.7 Å². The molecule has 0 atom stereocenters. The Balaban J connectivity index is 2.07. The largest absolute Gasteiger partial charge is 0.463 e. The number of aromatic nitrogens is 2. The first-order valence-corrected chi connectivity index (χ1v) is 7.19. The van der Waals surface area contributed by atoms with Crippen LogP contribution in [-0.4, -0.2) is 9.97 Å². The van der Waals surface area contributed by atoms with Gasteiger partial charge < -0.3 is 4.42 Å². The molecule has 2 aromatic heterocycles. The molecular formula is C19H14N2O. The lowest BCUT2D eigenvalue weighted by Crippen LogP contribution is -1.96. The monoisotopic (exact) mass is 286 g/mol. The summed E-state index contributed by atoms with van der Waals surface area (Å²) in [6.45, 7) is 2.05. The molecule has 22 heavy (non-hydrogen) atoms. The molecule has 3 heteroatoms. The molecule has 0 aliphatic carbocycles. The van der Waals surface area contributed by atoms with Gasteiger partial charge in [-0.15, -0.1) is 0 Å². The van der Waals surface area contributed by atoms with Crippen LogP contribution < -0.4 is 0 Å². The molecule has 0 fully saturated rings. The van der Waals surface area contributed by atoms with Gasteiger partial charge in [-0.25, -0.2) is 9.97 Å². The van der Waals surface area contributed by atoms with Crippen LogP contribution in [0.1, 0.15) is 5.56 Å². The topological polar surface area (TPSA) is 38.9 Å². The predicted molar refractivity (Wildman–Crippen MR) is 87.4 cm³/mol. The first-order valence-electron chi connectivity index (χ1n) is 7.19. The SMILES string of the molecule is Cc1cccc2nc(-c3ccccc3)c(-c3ccco3)nc12. The van der Waals surface area contributed by atoms with E-state index in [1.165, 1.54) is 0 Å². The Morgan fingerprint density at radius 2 is 1.64 bits per heavy atom. The van der Waals surface area contributed by atoms with Crippen molar-refractivity contribution >= 4 is 11.0 Å². The molecule has 106 valence electrons. The highest BCUT2D eigenvalue weighted by Crippen LogP contribution is 2.31. The molecule has 0 bridgehead atoms. The first kappa shape index (κ1) is 12.8. The van der Waals surface area contributed by atoms with Crippen LogP contribution in [0.2, 0.25) is 0 Å². The summed E-state index contributed by atoms with van der Waals surface area (Å²) in [5, 5.41) is 0. The average Bonchev–Trinajstić information content (AvgIpc) is 3.09. The molecule has 2 aromatic carbocycles. The third-order valence-electron chi connectivity index (χ3n) is 3.70. The Morgan fingerprint density at radius 3 is 2.41 bits per heavy atom. The van der Waals surface area contributed by atoms with Crippen LogP contribution in [0.3, 0.4) is 0 Å². The molecule has 0 saturated heterocycles. The third kappa shape index (κ3) is 2.07. The fraction of sp³-hybridized carbons (Fsp3) is 0.0526. The van der Waals surface area contributed by atoms with Gasteiger partial charge in [0.2, 0.25) is 0 Å². The van der Waals surface area contributed by atoms with E-state index in [0.29, 0.717) is 0 Å². The van der Waals surface area contributed by atoms with E-state index < -0.39 is 0 Å². The molecule has 0 aliphatic heterocycles. The van der Waals surface area contributed by atoms with Crippen LogP contribution in [0.4, 0.5) is 0 Å². The van der Waals surface area contributed by atoms with Crippen molar-refractivity contribution in [3.8, 4) is 22.7 Å². The van der Waals surface area contributed by atoms with E-state index in [1.54, 1.807) is 6.26 Å². The van der Waals surface area contributed by atoms with Crippen LogP contribution in [-0.2, 0) is 0 Å². The number of furan rings is 1. The lowest BCUT2D eigenvalue weighted by molar-refractivity contribution is 0.580. The predicted octanol–water partition coefficient (Wildman–Crippen LogP) is 4.87. The van der Waals surface area contributed by atoms with Crippen LogP contribution in [0, 0.1) is 6.92 Å². The van der Waals surface area contributed by atoms with Crippen molar-refractivity contribution < 1.29 is 4.42 Å². The molecule has 2 heterocycles. The molecule has 0 N–H and O–H groups in total. The zero-order valence-corrected chi connectivity index (χ0v) is 12.2.